The number of hydrogen-bond donors (Lipinski definition) is 0. The number of nitrogens with zero attached hydrogens (tertiary/aromatic N) is 2. The second-order valence-corrected chi connectivity index (χ2v) is 11.3. The molecule has 1 aromatic rings. The van der Waals surface area contributed by atoms with Crippen LogP contribution >= 0.6 is 0 Å². The number of rotatable bonds is 4. The first kappa shape index (κ1) is 19.8. The molecule has 1 atom stereocenters. The Kier molecular flexibility index (Phi) is 6.06. The fourth-order valence-corrected chi connectivity index (χ4v) is 6.84. The van der Waals surface area contributed by atoms with Crippen LogP contribution < -0.4 is 0 Å². The summed E-state index contributed by atoms with van der Waals surface area (Å²) in [5.41, 5.74) is 0. The Balaban J connectivity index is 1.81. The first-order chi connectivity index (χ1) is 12.3. The maximum Gasteiger partial charge on any atom is 0.243 e. The van der Waals surface area contributed by atoms with Crippen molar-refractivity contribution < 1.29 is 16.8 Å². The van der Waals surface area contributed by atoms with E-state index in [2.05, 4.69) is 6.92 Å². The molecule has 146 valence electrons. The number of benzene rings is 1. The van der Waals surface area contributed by atoms with Crippen molar-refractivity contribution in [1.29, 1.82) is 0 Å². The van der Waals surface area contributed by atoms with Gasteiger partial charge in [0.25, 0.3) is 0 Å². The number of sulfonamides is 2. The third-order valence-corrected chi connectivity index (χ3v) is 9.08. The van der Waals surface area contributed by atoms with Crippen molar-refractivity contribution in [2.45, 2.75) is 55.2 Å². The highest BCUT2D eigenvalue weighted by molar-refractivity contribution is 7.89. The van der Waals surface area contributed by atoms with E-state index in [-0.39, 0.29) is 9.79 Å². The molecule has 2 aliphatic heterocycles. The predicted octanol–water partition coefficient (Wildman–Crippen LogP) is 2.67. The Morgan fingerprint density at radius 1 is 0.731 bits per heavy atom. The molecule has 0 N–H and O–H groups in total. The molecule has 0 amide bonds. The Morgan fingerprint density at radius 3 is 1.69 bits per heavy atom. The molecule has 8 heteroatoms. The molecule has 26 heavy (non-hydrogen) atoms. The van der Waals surface area contributed by atoms with E-state index in [4.69, 9.17) is 0 Å². The minimum absolute atomic E-state index is 0.168. The maximum atomic E-state index is 12.8. The zero-order valence-corrected chi connectivity index (χ0v) is 16.9. The van der Waals surface area contributed by atoms with Crippen LogP contribution in [0.1, 0.15) is 45.4 Å². The highest BCUT2D eigenvalue weighted by atomic mass is 32.2. The lowest BCUT2D eigenvalue weighted by atomic mass is 10.0. The highest BCUT2D eigenvalue weighted by Gasteiger charge is 2.30. The van der Waals surface area contributed by atoms with Gasteiger partial charge in [-0.25, -0.2) is 16.8 Å². The zero-order chi connectivity index (χ0) is 18.8. The Bertz CT molecular complexity index is 760. The van der Waals surface area contributed by atoms with Gasteiger partial charge in [-0.15, -0.1) is 0 Å². The summed E-state index contributed by atoms with van der Waals surface area (Å²) in [5, 5.41) is 0. The van der Waals surface area contributed by atoms with Crippen LogP contribution in [0.3, 0.4) is 0 Å². The van der Waals surface area contributed by atoms with E-state index in [1.165, 1.54) is 32.9 Å². The lowest BCUT2D eigenvalue weighted by Crippen LogP contribution is -2.39. The molecule has 0 aliphatic carbocycles. The molecular formula is C18H28N2O4S2. The first-order valence-corrected chi connectivity index (χ1v) is 12.3. The summed E-state index contributed by atoms with van der Waals surface area (Å²) in [7, 11) is -7.12. The average molecular weight is 401 g/mol. The molecule has 0 unspecified atom stereocenters. The van der Waals surface area contributed by atoms with E-state index < -0.39 is 20.0 Å². The van der Waals surface area contributed by atoms with Gasteiger partial charge in [0, 0.05) is 26.2 Å². The monoisotopic (exact) mass is 400 g/mol. The van der Waals surface area contributed by atoms with E-state index in [1.807, 2.05) is 0 Å². The number of hydrogen-bond acceptors (Lipinski definition) is 4. The van der Waals surface area contributed by atoms with E-state index in [0.717, 1.165) is 38.5 Å². The third kappa shape index (κ3) is 4.13. The number of piperidine rings is 1. The minimum atomic E-state index is -3.56. The molecule has 6 nitrogen and oxygen atoms in total. The Labute approximate surface area is 157 Å². The molecule has 3 rings (SSSR count). The Morgan fingerprint density at radius 2 is 1.19 bits per heavy atom. The van der Waals surface area contributed by atoms with E-state index in [1.54, 1.807) is 0 Å². The fourth-order valence-electron chi connectivity index (χ4n) is 3.73. The molecule has 2 fully saturated rings. The summed E-state index contributed by atoms with van der Waals surface area (Å²) in [6, 6.07) is 5.72. The van der Waals surface area contributed by atoms with Gasteiger partial charge in [-0.2, -0.15) is 8.61 Å². The van der Waals surface area contributed by atoms with Crippen LogP contribution in [0.15, 0.2) is 34.1 Å². The van der Waals surface area contributed by atoms with Gasteiger partial charge in [-0.3, -0.25) is 0 Å². The smallest absolute Gasteiger partial charge is 0.207 e. The van der Waals surface area contributed by atoms with Crippen molar-refractivity contribution in [3.63, 3.8) is 0 Å². The molecular weight excluding hydrogens is 372 g/mol. The van der Waals surface area contributed by atoms with Crippen molar-refractivity contribution >= 4 is 20.0 Å². The van der Waals surface area contributed by atoms with Crippen LogP contribution in [-0.4, -0.2) is 51.6 Å². The molecule has 0 aromatic heterocycles. The van der Waals surface area contributed by atoms with Crippen molar-refractivity contribution in [2.75, 3.05) is 26.2 Å². The van der Waals surface area contributed by atoms with Gasteiger partial charge in [-0.05, 0) is 55.9 Å². The van der Waals surface area contributed by atoms with Crippen molar-refractivity contribution in [3.05, 3.63) is 24.3 Å². The van der Waals surface area contributed by atoms with Crippen LogP contribution in [0.4, 0.5) is 0 Å². The molecule has 2 heterocycles. The predicted molar refractivity (Wildman–Crippen MR) is 101 cm³/mol. The molecule has 0 radical (unpaired) electrons. The van der Waals surface area contributed by atoms with Gasteiger partial charge in [-0.1, -0.05) is 19.8 Å². The molecule has 0 spiro atoms. The van der Waals surface area contributed by atoms with Crippen LogP contribution in [0.5, 0.6) is 0 Å². The van der Waals surface area contributed by atoms with Gasteiger partial charge in [0.2, 0.25) is 20.0 Å². The van der Waals surface area contributed by atoms with Crippen molar-refractivity contribution in [1.82, 2.24) is 8.61 Å². The standard InChI is InChI=1S/C18H28N2O4S2/c1-16-7-6-14-20(15-16)26(23,24)18-10-8-17(9-11-18)25(21,22)19-12-4-2-3-5-13-19/h8-11,16H,2-7,12-15H2,1H3/t16-/m1/s1. The summed E-state index contributed by atoms with van der Waals surface area (Å²) < 4.78 is 54.3. The lowest BCUT2D eigenvalue weighted by molar-refractivity contribution is 0.281. The van der Waals surface area contributed by atoms with Crippen LogP contribution in [0.25, 0.3) is 0 Å². The zero-order valence-electron chi connectivity index (χ0n) is 15.3. The largest absolute Gasteiger partial charge is 0.243 e. The first-order valence-electron chi connectivity index (χ1n) is 9.42. The van der Waals surface area contributed by atoms with Gasteiger partial charge in [0.1, 0.15) is 0 Å². The van der Waals surface area contributed by atoms with Gasteiger partial charge in [0.05, 0.1) is 9.79 Å². The van der Waals surface area contributed by atoms with Crippen LogP contribution in [0, 0.1) is 5.92 Å². The second kappa shape index (κ2) is 7.96. The van der Waals surface area contributed by atoms with Gasteiger partial charge < -0.3 is 0 Å². The topological polar surface area (TPSA) is 74.8 Å². The summed E-state index contributed by atoms with van der Waals surface area (Å²) in [6.45, 7) is 4.18. The van der Waals surface area contributed by atoms with Gasteiger partial charge >= 0.3 is 0 Å². The fraction of sp³-hybridized carbons (Fsp3) is 0.667. The van der Waals surface area contributed by atoms with Crippen LogP contribution in [0.2, 0.25) is 0 Å². The quantitative estimate of drug-likeness (QED) is 0.779. The Hall–Kier alpha value is -0.960. The highest BCUT2D eigenvalue weighted by Crippen LogP contribution is 2.26. The third-order valence-electron chi connectivity index (χ3n) is 5.28. The SMILES string of the molecule is C[C@@H]1CCCN(S(=O)(=O)c2ccc(S(=O)(=O)N3CCCCCC3)cc2)C1. The van der Waals surface area contributed by atoms with E-state index in [0.29, 0.717) is 32.1 Å². The molecule has 0 saturated carbocycles. The molecule has 0 bridgehead atoms. The van der Waals surface area contributed by atoms with Gasteiger partial charge in [0.15, 0.2) is 0 Å². The summed E-state index contributed by atoms with van der Waals surface area (Å²) in [6.07, 6.45) is 5.76. The van der Waals surface area contributed by atoms with Crippen LogP contribution in [-0.2, 0) is 20.0 Å². The average Bonchev–Trinajstić information content (AvgIpc) is 2.92. The summed E-state index contributed by atoms with van der Waals surface area (Å²) in [4.78, 5) is 0.340. The van der Waals surface area contributed by atoms with E-state index in [9.17, 15) is 16.8 Å². The lowest BCUT2D eigenvalue weighted by Gasteiger charge is -2.30. The normalized spacial score (nSPS) is 24.3. The summed E-state index contributed by atoms with van der Waals surface area (Å²) >= 11 is 0. The maximum absolute atomic E-state index is 12.8. The summed E-state index contributed by atoms with van der Waals surface area (Å²) in [5.74, 6) is 0.348. The van der Waals surface area contributed by atoms with Crippen molar-refractivity contribution in [2.24, 2.45) is 5.92 Å². The molecule has 2 aliphatic rings. The molecule has 2 saturated heterocycles. The van der Waals surface area contributed by atoms with E-state index >= 15 is 0 Å². The minimum Gasteiger partial charge on any atom is -0.207 e. The van der Waals surface area contributed by atoms with Crippen molar-refractivity contribution in [3.8, 4) is 0 Å². The molecule has 1 aromatic carbocycles. The second-order valence-electron chi connectivity index (χ2n) is 7.40.